The van der Waals surface area contributed by atoms with Crippen molar-refractivity contribution < 1.29 is 31.0 Å². The molecule has 0 amide bonds. The van der Waals surface area contributed by atoms with E-state index in [1.807, 2.05) is 0 Å². The molecule has 0 saturated carbocycles. The van der Waals surface area contributed by atoms with Gasteiger partial charge in [-0.05, 0) is 33.4 Å². The summed E-state index contributed by atoms with van der Waals surface area (Å²) in [6.07, 6.45) is 0. The van der Waals surface area contributed by atoms with Crippen LogP contribution in [0.25, 0.3) is 11.1 Å². The molecule has 0 saturated heterocycles. The fourth-order valence-corrected chi connectivity index (χ4v) is 3.33. The van der Waals surface area contributed by atoms with E-state index in [0.717, 1.165) is 0 Å². The molecule has 0 N–H and O–H groups in total. The topological polar surface area (TPSA) is 0 Å². The van der Waals surface area contributed by atoms with Crippen molar-refractivity contribution in [1.29, 1.82) is 0 Å². The fourth-order valence-electron chi connectivity index (χ4n) is 3.33. The maximum atomic E-state index is 2.19. The van der Waals surface area contributed by atoms with E-state index in [0.29, 0.717) is 0 Å². The first-order valence-corrected chi connectivity index (χ1v) is 8.89. The zero-order valence-electron chi connectivity index (χ0n) is 16.5. The van der Waals surface area contributed by atoms with Crippen LogP contribution >= 0.6 is 0 Å². The molecule has 27 heavy (non-hydrogen) atoms. The first-order valence-electron chi connectivity index (χ1n) is 8.89. The minimum atomic E-state index is 0. The Morgan fingerprint density at radius 1 is 0.333 bits per heavy atom. The monoisotopic (exact) mass is 356 g/mol. The zero-order valence-corrected chi connectivity index (χ0v) is 17.5. The molecule has 4 aromatic rings. The molecule has 1 heteroatoms. The minimum absolute atomic E-state index is 0. The van der Waals surface area contributed by atoms with E-state index in [1.165, 1.54) is 33.4 Å². The van der Waals surface area contributed by atoms with Crippen molar-refractivity contribution in [2.45, 2.75) is 0 Å². The van der Waals surface area contributed by atoms with Gasteiger partial charge in [0.25, 0.3) is 0 Å². The van der Waals surface area contributed by atoms with E-state index in [9.17, 15) is 0 Å². The SMILES string of the molecule is [H-].[Na+].c1ccc(C(=C(c2ccccc2)c2ccccc2)c2ccccc2)cc1. The Morgan fingerprint density at radius 2 is 0.519 bits per heavy atom. The van der Waals surface area contributed by atoms with Crippen molar-refractivity contribution >= 4 is 11.1 Å². The molecule has 0 spiro atoms. The van der Waals surface area contributed by atoms with Crippen molar-refractivity contribution in [2.75, 3.05) is 0 Å². The van der Waals surface area contributed by atoms with E-state index in [4.69, 9.17) is 0 Å². The van der Waals surface area contributed by atoms with Gasteiger partial charge >= 0.3 is 29.6 Å². The molecule has 4 aromatic carbocycles. The molecule has 0 aliphatic heterocycles. The second-order valence-corrected chi connectivity index (χ2v) is 6.21. The molecule has 0 bridgehead atoms. The molecule has 4 rings (SSSR count). The standard InChI is InChI=1S/C26H20.Na.H/c1-5-13-21(14-6-1)25(22-15-7-2-8-16-22)26(23-17-9-3-10-18-23)24-19-11-4-12-20-24;;/h1-20H;;/q;+1;-1. The molecule has 0 aliphatic rings. The van der Waals surface area contributed by atoms with Crippen LogP contribution in [-0.4, -0.2) is 0 Å². The van der Waals surface area contributed by atoms with Crippen molar-refractivity contribution in [2.24, 2.45) is 0 Å². The van der Waals surface area contributed by atoms with E-state index in [2.05, 4.69) is 121 Å². The van der Waals surface area contributed by atoms with Gasteiger partial charge in [0.1, 0.15) is 0 Å². The van der Waals surface area contributed by atoms with E-state index in [-0.39, 0.29) is 31.0 Å². The Kier molecular flexibility index (Phi) is 6.84. The number of hydrogen-bond donors (Lipinski definition) is 0. The van der Waals surface area contributed by atoms with Gasteiger partial charge in [-0.3, -0.25) is 0 Å². The van der Waals surface area contributed by atoms with Gasteiger partial charge in [-0.1, -0.05) is 121 Å². The van der Waals surface area contributed by atoms with Crippen molar-refractivity contribution in [3.63, 3.8) is 0 Å². The summed E-state index contributed by atoms with van der Waals surface area (Å²) >= 11 is 0. The molecule has 0 atom stereocenters. The molecular weight excluding hydrogens is 335 g/mol. The van der Waals surface area contributed by atoms with Crippen LogP contribution in [-0.2, 0) is 0 Å². The summed E-state index contributed by atoms with van der Waals surface area (Å²) in [5.41, 5.74) is 7.40. The summed E-state index contributed by atoms with van der Waals surface area (Å²) in [5.74, 6) is 0. The third-order valence-corrected chi connectivity index (χ3v) is 4.50. The summed E-state index contributed by atoms with van der Waals surface area (Å²) in [6.45, 7) is 0. The second-order valence-electron chi connectivity index (χ2n) is 6.21. The number of hydrogen-bond acceptors (Lipinski definition) is 0. The van der Waals surface area contributed by atoms with Gasteiger partial charge in [0.2, 0.25) is 0 Å². The van der Waals surface area contributed by atoms with Crippen LogP contribution < -0.4 is 29.6 Å². The summed E-state index contributed by atoms with van der Waals surface area (Å²) in [5, 5.41) is 0. The average molecular weight is 356 g/mol. The molecule has 126 valence electrons. The molecule has 0 fully saturated rings. The zero-order chi connectivity index (χ0) is 17.6. The summed E-state index contributed by atoms with van der Waals surface area (Å²) in [4.78, 5) is 0. The summed E-state index contributed by atoms with van der Waals surface area (Å²) in [6, 6.07) is 42.6. The Hall–Kier alpha value is -2.38. The third-order valence-electron chi connectivity index (χ3n) is 4.50. The Balaban J connectivity index is 0.00000140. The van der Waals surface area contributed by atoms with Crippen LogP contribution in [0.2, 0.25) is 0 Å². The Morgan fingerprint density at radius 3 is 0.704 bits per heavy atom. The predicted octanol–water partition coefficient (Wildman–Crippen LogP) is 3.81. The van der Waals surface area contributed by atoms with E-state index < -0.39 is 0 Å². The van der Waals surface area contributed by atoms with Crippen LogP contribution in [0.5, 0.6) is 0 Å². The molecule has 0 aliphatic carbocycles. The fraction of sp³-hybridized carbons (Fsp3) is 0. The van der Waals surface area contributed by atoms with Gasteiger partial charge in [0, 0.05) is 0 Å². The molecule has 0 unspecified atom stereocenters. The number of rotatable bonds is 4. The second kappa shape index (κ2) is 9.53. The maximum Gasteiger partial charge on any atom is 1.00 e. The minimum Gasteiger partial charge on any atom is -1.00 e. The summed E-state index contributed by atoms with van der Waals surface area (Å²) in [7, 11) is 0. The van der Waals surface area contributed by atoms with Crippen LogP contribution in [0.1, 0.15) is 23.7 Å². The van der Waals surface area contributed by atoms with Gasteiger partial charge in [-0.15, -0.1) is 0 Å². The van der Waals surface area contributed by atoms with Crippen LogP contribution in [0.3, 0.4) is 0 Å². The maximum absolute atomic E-state index is 2.19. The van der Waals surface area contributed by atoms with Crippen LogP contribution in [0, 0.1) is 0 Å². The molecular formula is C26H21Na. The third kappa shape index (κ3) is 4.48. The first kappa shape index (κ1) is 19.4. The molecule has 0 aromatic heterocycles. The quantitative estimate of drug-likeness (QED) is 0.385. The Labute approximate surface area is 185 Å². The van der Waals surface area contributed by atoms with E-state index in [1.54, 1.807) is 0 Å². The van der Waals surface area contributed by atoms with Gasteiger partial charge in [0.05, 0.1) is 0 Å². The van der Waals surface area contributed by atoms with Crippen LogP contribution in [0.15, 0.2) is 121 Å². The average Bonchev–Trinajstić information content (AvgIpc) is 2.74. The van der Waals surface area contributed by atoms with Gasteiger partial charge < -0.3 is 1.43 Å². The normalized spacial score (nSPS) is 9.93. The molecule has 0 nitrogen and oxygen atoms in total. The Bertz CT molecular complexity index is 827. The van der Waals surface area contributed by atoms with Crippen LogP contribution in [0.4, 0.5) is 0 Å². The van der Waals surface area contributed by atoms with Gasteiger partial charge in [-0.25, -0.2) is 0 Å². The number of benzene rings is 4. The smallest absolute Gasteiger partial charge is 1.00 e. The molecule has 0 radical (unpaired) electrons. The molecule has 0 heterocycles. The van der Waals surface area contributed by atoms with Gasteiger partial charge in [-0.2, -0.15) is 0 Å². The first-order chi connectivity index (χ1) is 12.9. The largest absolute Gasteiger partial charge is 1.00 e. The summed E-state index contributed by atoms with van der Waals surface area (Å²) < 4.78 is 0. The predicted molar refractivity (Wildman–Crippen MR) is 112 cm³/mol. The van der Waals surface area contributed by atoms with Gasteiger partial charge in [0.15, 0.2) is 0 Å². The van der Waals surface area contributed by atoms with Crippen molar-refractivity contribution in [3.8, 4) is 0 Å². The van der Waals surface area contributed by atoms with Crippen molar-refractivity contribution in [3.05, 3.63) is 144 Å². The van der Waals surface area contributed by atoms with E-state index >= 15 is 0 Å². The van der Waals surface area contributed by atoms with Crippen molar-refractivity contribution in [1.82, 2.24) is 0 Å².